The normalized spacial score (nSPS) is 13.9. The summed E-state index contributed by atoms with van der Waals surface area (Å²) in [5.41, 5.74) is 4.14. The molecule has 0 spiro atoms. The van der Waals surface area contributed by atoms with Crippen LogP contribution in [0.4, 0.5) is 5.69 Å². The van der Waals surface area contributed by atoms with Gasteiger partial charge in [0, 0.05) is 22.2 Å². The Balaban J connectivity index is 1.26. The molecule has 0 saturated heterocycles. The second-order valence-electron chi connectivity index (χ2n) is 6.47. The van der Waals surface area contributed by atoms with Gasteiger partial charge in [0.1, 0.15) is 5.01 Å². The van der Waals surface area contributed by atoms with Crippen LogP contribution in [0.5, 0.6) is 11.5 Å². The Labute approximate surface area is 164 Å². The molecule has 3 aromatic rings. The number of hydrogen-bond donors (Lipinski definition) is 2. The third-order valence-corrected chi connectivity index (χ3v) is 5.46. The Morgan fingerprint density at radius 1 is 1.18 bits per heavy atom. The molecule has 5 rings (SSSR count). The van der Waals surface area contributed by atoms with Crippen molar-refractivity contribution in [2.75, 3.05) is 12.1 Å². The number of ether oxygens (including phenoxy) is 2. The van der Waals surface area contributed by atoms with E-state index in [9.17, 15) is 9.59 Å². The summed E-state index contributed by atoms with van der Waals surface area (Å²) in [5.74, 6) is 1.04. The predicted octanol–water partition coefficient (Wildman–Crippen LogP) is 2.96. The molecule has 0 radical (unpaired) electrons. The van der Waals surface area contributed by atoms with Crippen molar-refractivity contribution in [3.8, 4) is 22.8 Å². The number of hydrogen-bond acceptors (Lipinski definition) is 6. The molecule has 0 aliphatic carbocycles. The smallest absolute Gasteiger partial charge is 0.251 e. The van der Waals surface area contributed by atoms with Gasteiger partial charge in [-0.05, 0) is 35.9 Å². The van der Waals surface area contributed by atoms with Crippen LogP contribution < -0.4 is 20.1 Å². The number of benzene rings is 2. The maximum Gasteiger partial charge on any atom is 0.251 e. The van der Waals surface area contributed by atoms with Crippen LogP contribution >= 0.6 is 11.3 Å². The number of anilines is 1. The number of carbonyl (C=O) groups is 2. The first-order chi connectivity index (χ1) is 13.7. The van der Waals surface area contributed by atoms with Crippen LogP contribution in [0.15, 0.2) is 41.8 Å². The van der Waals surface area contributed by atoms with Crippen molar-refractivity contribution >= 4 is 28.8 Å². The van der Waals surface area contributed by atoms with Gasteiger partial charge in [-0.15, -0.1) is 11.3 Å². The number of fused-ring (bicyclic) bond motifs is 2. The van der Waals surface area contributed by atoms with E-state index >= 15 is 0 Å². The molecule has 7 nitrogen and oxygen atoms in total. The number of amides is 2. The zero-order valence-electron chi connectivity index (χ0n) is 14.7. The van der Waals surface area contributed by atoms with Gasteiger partial charge in [-0.2, -0.15) is 0 Å². The molecule has 2 amide bonds. The number of nitrogens with zero attached hydrogens (tertiary/aromatic N) is 1. The molecule has 28 heavy (non-hydrogen) atoms. The summed E-state index contributed by atoms with van der Waals surface area (Å²) >= 11 is 1.48. The maximum absolute atomic E-state index is 12.4. The Morgan fingerprint density at radius 2 is 2.07 bits per heavy atom. The molecule has 0 atom stereocenters. The third kappa shape index (κ3) is 3.07. The van der Waals surface area contributed by atoms with E-state index in [0.29, 0.717) is 30.0 Å². The maximum atomic E-state index is 12.4. The molecule has 2 N–H and O–H groups in total. The molecule has 1 aromatic heterocycles. The van der Waals surface area contributed by atoms with Crippen molar-refractivity contribution in [1.82, 2.24) is 10.3 Å². The van der Waals surface area contributed by atoms with Crippen molar-refractivity contribution in [1.29, 1.82) is 0 Å². The lowest BCUT2D eigenvalue weighted by molar-refractivity contribution is -0.115. The zero-order valence-corrected chi connectivity index (χ0v) is 15.5. The topological polar surface area (TPSA) is 89.6 Å². The van der Waals surface area contributed by atoms with E-state index in [1.165, 1.54) is 11.3 Å². The number of aromatic nitrogens is 1. The summed E-state index contributed by atoms with van der Waals surface area (Å²) in [7, 11) is 0. The quantitative estimate of drug-likeness (QED) is 0.711. The van der Waals surface area contributed by atoms with Crippen LogP contribution in [0, 0.1) is 0 Å². The van der Waals surface area contributed by atoms with Gasteiger partial charge < -0.3 is 20.1 Å². The van der Waals surface area contributed by atoms with E-state index in [4.69, 9.17) is 9.47 Å². The summed E-state index contributed by atoms with van der Waals surface area (Å²) in [6, 6.07) is 10.9. The number of nitrogens with one attached hydrogen (secondary N) is 2. The fraction of sp³-hybridized carbons (Fsp3) is 0.150. The van der Waals surface area contributed by atoms with Crippen molar-refractivity contribution in [3.05, 3.63) is 57.9 Å². The SMILES string of the molecule is O=C1Cc2cc(-c3csc(CNC(=O)c4ccc5c(c4)OCO5)n3)ccc2N1. The Hall–Kier alpha value is -3.39. The van der Waals surface area contributed by atoms with Gasteiger partial charge in [-0.3, -0.25) is 9.59 Å². The van der Waals surface area contributed by atoms with Crippen LogP contribution in [0.1, 0.15) is 20.9 Å². The predicted molar refractivity (Wildman–Crippen MR) is 104 cm³/mol. The van der Waals surface area contributed by atoms with Crippen LogP contribution in [-0.2, 0) is 17.8 Å². The first kappa shape index (κ1) is 16.8. The van der Waals surface area contributed by atoms with E-state index < -0.39 is 0 Å². The summed E-state index contributed by atoms with van der Waals surface area (Å²) in [5, 5.41) is 8.46. The lowest BCUT2D eigenvalue weighted by atomic mass is 10.1. The largest absolute Gasteiger partial charge is 0.454 e. The lowest BCUT2D eigenvalue weighted by Gasteiger charge is -2.04. The minimum Gasteiger partial charge on any atom is -0.454 e. The molecule has 2 aliphatic heterocycles. The van der Waals surface area contributed by atoms with Crippen LogP contribution in [-0.4, -0.2) is 23.6 Å². The van der Waals surface area contributed by atoms with Gasteiger partial charge in [0.05, 0.1) is 18.7 Å². The molecule has 2 aromatic carbocycles. The van der Waals surface area contributed by atoms with Gasteiger partial charge in [0.25, 0.3) is 5.91 Å². The van der Waals surface area contributed by atoms with Gasteiger partial charge >= 0.3 is 0 Å². The molecule has 0 saturated carbocycles. The van der Waals surface area contributed by atoms with Gasteiger partial charge in [0.15, 0.2) is 11.5 Å². The number of rotatable bonds is 4. The molecule has 3 heterocycles. The molecule has 140 valence electrons. The highest BCUT2D eigenvalue weighted by molar-refractivity contribution is 7.09. The molecular weight excluding hydrogens is 378 g/mol. The van der Waals surface area contributed by atoms with Crippen LogP contribution in [0.3, 0.4) is 0 Å². The van der Waals surface area contributed by atoms with E-state index in [-0.39, 0.29) is 18.6 Å². The Morgan fingerprint density at radius 3 is 3.00 bits per heavy atom. The standard InChI is InChI=1S/C20H15N3O4S/c24-18-7-13-5-11(1-3-14(13)22-18)15-9-28-19(23-15)8-21-20(25)12-2-4-16-17(6-12)27-10-26-16/h1-6,9H,7-8,10H2,(H,21,25)(H,22,24). The van der Waals surface area contributed by atoms with Crippen molar-refractivity contribution in [2.45, 2.75) is 13.0 Å². The summed E-state index contributed by atoms with van der Waals surface area (Å²) < 4.78 is 10.6. The second-order valence-corrected chi connectivity index (χ2v) is 7.42. The number of carbonyl (C=O) groups excluding carboxylic acids is 2. The molecule has 0 fully saturated rings. The highest BCUT2D eigenvalue weighted by Crippen LogP contribution is 2.32. The highest BCUT2D eigenvalue weighted by Gasteiger charge is 2.19. The van der Waals surface area contributed by atoms with Crippen LogP contribution in [0.2, 0.25) is 0 Å². The average Bonchev–Trinajstić information content (AvgIpc) is 3.43. The van der Waals surface area contributed by atoms with Gasteiger partial charge in [0.2, 0.25) is 12.7 Å². The minimum atomic E-state index is -0.197. The monoisotopic (exact) mass is 393 g/mol. The molecular formula is C20H15N3O4S. The van der Waals surface area contributed by atoms with Crippen molar-refractivity contribution in [2.24, 2.45) is 0 Å². The first-order valence-electron chi connectivity index (χ1n) is 8.71. The van der Waals surface area contributed by atoms with E-state index in [1.54, 1.807) is 18.2 Å². The average molecular weight is 393 g/mol. The first-order valence-corrected chi connectivity index (χ1v) is 9.59. The Kier molecular flexibility index (Phi) is 3.98. The summed E-state index contributed by atoms with van der Waals surface area (Å²) in [4.78, 5) is 28.5. The number of thiazole rings is 1. The summed E-state index contributed by atoms with van der Waals surface area (Å²) in [6.07, 6.45) is 0.395. The fourth-order valence-electron chi connectivity index (χ4n) is 3.21. The van der Waals surface area contributed by atoms with Crippen molar-refractivity contribution < 1.29 is 19.1 Å². The van der Waals surface area contributed by atoms with E-state index in [1.807, 2.05) is 23.6 Å². The zero-order chi connectivity index (χ0) is 19.1. The molecule has 8 heteroatoms. The second kappa shape index (κ2) is 6.65. The van der Waals surface area contributed by atoms with E-state index in [2.05, 4.69) is 15.6 Å². The van der Waals surface area contributed by atoms with E-state index in [0.717, 1.165) is 27.5 Å². The molecule has 0 unspecified atom stereocenters. The van der Waals surface area contributed by atoms with Crippen LogP contribution in [0.25, 0.3) is 11.3 Å². The lowest BCUT2D eigenvalue weighted by Crippen LogP contribution is -2.22. The third-order valence-electron chi connectivity index (χ3n) is 4.61. The fourth-order valence-corrected chi connectivity index (χ4v) is 3.95. The highest BCUT2D eigenvalue weighted by atomic mass is 32.1. The molecule has 0 bridgehead atoms. The van der Waals surface area contributed by atoms with Gasteiger partial charge in [-0.1, -0.05) is 6.07 Å². The minimum absolute atomic E-state index is 0.0114. The Bertz CT molecular complexity index is 1110. The van der Waals surface area contributed by atoms with Crippen molar-refractivity contribution in [3.63, 3.8) is 0 Å². The molecule has 2 aliphatic rings. The summed E-state index contributed by atoms with van der Waals surface area (Å²) in [6.45, 7) is 0.512. The van der Waals surface area contributed by atoms with Gasteiger partial charge in [-0.25, -0.2) is 4.98 Å².